The van der Waals surface area contributed by atoms with Gasteiger partial charge in [-0.2, -0.15) is 0 Å². The molecule has 0 heterocycles. The highest BCUT2D eigenvalue weighted by molar-refractivity contribution is 9.10. The van der Waals surface area contributed by atoms with Crippen molar-refractivity contribution in [3.05, 3.63) is 64.4 Å². The molecule has 0 aromatic heterocycles. The molecule has 0 aliphatic carbocycles. The van der Waals surface area contributed by atoms with Crippen LogP contribution in [0.25, 0.3) is 0 Å². The van der Waals surface area contributed by atoms with Gasteiger partial charge in [-0.15, -0.1) is 0 Å². The van der Waals surface area contributed by atoms with Crippen molar-refractivity contribution in [1.29, 1.82) is 0 Å². The molecule has 1 atom stereocenters. The van der Waals surface area contributed by atoms with Gasteiger partial charge in [-0.3, -0.25) is 0 Å². The highest BCUT2D eigenvalue weighted by Crippen LogP contribution is 2.23. The van der Waals surface area contributed by atoms with Gasteiger partial charge in [-0.05, 0) is 36.2 Å². The summed E-state index contributed by atoms with van der Waals surface area (Å²) in [5.41, 5.74) is 0.834. The maximum atomic E-state index is 13.7. The first kappa shape index (κ1) is 16.1. The third-order valence-corrected chi connectivity index (χ3v) is 5.14. The lowest BCUT2D eigenvalue weighted by molar-refractivity contribution is 0.535. The van der Waals surface area contributed by atoms with Crippen molar-refractivity contribution in [1.82, 2.24) is 4.72 Å². The van der Waals surface area contributed by atoms with Crippen LogP contribution in [-0.2, 0) is 10.0 Å². The van der Waals surface area contributed by atoms with Gasteiger partial charge < -0.3 is 0 Å². The lowest BCUT2D eigenvalue weighted by Crippen LogP contribution is -2.29. The average molecular weight is 372 g/mol. The summed E-state index contributed by atoms with van der Waals surface area (Å²) in [6.45, 7) is 1.87. The van der Waals surface area contributed by atoms with E-state index < -0.39 is 21.9 Å². The van der Waals surface area contributed by atoms with Gasteiger partial charge in [0.1, 0.15) is 10.7 Å². The minimum absolute atomic E-state index is 0.333. The van der Waals surface area contributed by atoms with Crippen LogP contribution in [0.2, 0.25) is 0 Å². The van der Waals surface area contributed by atoms with Crippen LogP contribution in [0.3, 0.4) is 0 Å². The Morgan fingerprint density at radius 1 is 1.14 bits per heavy atom. The molecular weight excluding hydrogens is 357 g/mol. The number of hydrogen-bond donors (Lipinski definition) is 1. The van der Waals surface area contributed by atoms with Crippen molar-refractivity contribution in [2.24, 2.45) is 0 Å². The van der Waals surface area contributed by atoms with Gasteiger partial charge in [-0.25, -0.2) is 17.5 Å². The van der Waals surface area contributed by atoms with E-state index in [2.05, 4.69) is 20.7 Å². The van der Waals surface area contributed by atoms with Crippen molar-refractivity contribution in [3.63, 3.8) is 0 Å². The fraction of sp³-hybridized carbons (Fsp3) is 0.200. The Labute approximate surface area is 132 Å². The number of sulfonamides is 1. The SMILES string of the molecule is CCC(NS(=O)(=O)c1ccccc1F)c1ccc(Br)cc1. The summed E-state index contributed by atoms with van der Waals surface area (Å²) in [4.78, 5) is -0.333. The quantitative estimate of drug-likeness (QED) is 0.862. The minimum atomic E-state index is -3.90. The molecule has 21 heavy (non-hydrogen) atoms. The van der Waals surface area contributed by atoms with E-state index in [4.69, 9.17) is 0 Å². The molecule has 0 saturated carbocycles. The van der Waals surface area contributed by atoms with E-state index in [9.17, 15) is 12.8 Å². The molecule has 112 valence electrons. The molecule has 0 radical (unpaired) electrons. The molecule has 2 aromatic rings. The predicted octanol–water partition coefficient (Wildman–Crippen LogP) is 4.02. The maximum absolute atomic E-state index is 13.7. The maximum Gasteiger partial charge on any atom is 0.244 e. The second kappa shape index (κ2) is 6.68. The Hall–Kier alpha value is -1.24. The lowest BCUT2D eigenvalue weighted by Gasteiger charge is -2.18. The average Bonchev–Trinajstić information content (AvgIpc) is 2.46. The van der Waals surface area contributed by atoms with E-state index >= 15 is 0 Å². The molecule has 0 aliphatic rings. The summed E-state index contributed by atoms with van der Waals surface area (Å²) in [6.07, 6.45) is 0.565. The first-order valence-corrected chi connectivity index (χ1v) is 8.74. The van der Waals surface area contributed by atoms with Crippen molar-refractivity contribution in [2.45, 2.75) is 24.3 Å². The van der Waals surface area contributed by atoms with E-state index in [1.807, 2.05) is 31.2 Å². The van der Waals surface area contributed by atoms with Gasteiger partial charge in [-0.1, -0.05) is 47.1 Å². The summed E-state index contributed by atoms with van der Waals surface area (Å²) in [6, 6.07) is 12.3. The number of benzene rings is 2. The fourth-order valence-electron chi connectivity index (χ4n) is 2.00. The summed E-state index contributed by atoms with van der Waals surface area (Å²) in [5, 5.41) is 0. The highest BCUT2D eigenvalue weighted by Gasteiger charge is 2.22. The van der Waals surface area contributed by atoms with Crippen LogP contribution in [0.5, 0.6) is 0 Å². The Morgan fingerprint density at radius 3 is 2.33 bits per heavy atom. The van der Waals surface area contributed by atoms with Crippen molar-refractivity contribution < 1.29 is 12.8 Å². The zero-order valence-corrected chi connectivity index (χ0v) is 13.8. The minimum Gasteiger partial charge on any atom is -0.207 e. The first-order valence-electron chi connectivity index (χ1n) is 6.46. The number of rotatable bonds is 5. The summed E-state index contributed by atoms with van der Waals surface area (Å²) >= 11 is 3.34. The van der Waals surface area contributed by atoms with Gasteiger partial charge in [0.25, 0.3) is 0 Å². The molecule has 1 unspecified atom stereocenters. The van der Waals surface area contributed by atoms with E-state index in [0.717, 1.165) is 16.1 Å². The Morgan fingerprint density at radius 2 is 1.76 bits per heavy atom. The molecule has 2 rings (SSSR count). The molecular formula is C15H15BrFNO2S. The molecule has 0 amide bonds. The second-order valence-corrected chi connectivity index (χ2v) is 7.16. The molecule has 0 aliphatic heterocycles. The van der Waals surface area contributed by atoms with Crippen molar-refractivity contribution >= 4 is 26.0 Å². The molecule has 0 saturated heterocycles. The Balaban J connectivity index is 2.30. The van der Waals surface area contributed by atoms with Gasteiger partial charge in [0, 0.05) is 10.5 Å². The van der Waals surface area contributed by atoms with Crippen LogP contribution in [0, 0.1) is 5.82 Å². The standard InChI is InChI=1S/C15H15BrFNO2S/c1-2-14(11-7-9-12(16)10-8-11)18-21(19,20)15-6-4-3-5-13(15)17/h3-10,14,18H,2H2,1H3. The van der Waals surface area contributed by atoms with Gasteiger partial charge in [0.15, 0.2) is 0 Å². The smallest absolute Gasteiger partial charge is 0.207 e. The number of nitrogens with one attached hydrogen (secondary N) is 1. The van der Waals surface area contributed by atoms with E-state index in [1.54, 1.807) is 0 Å². The normalized spacial score (nSPS) is 13.1. The van der Waals surface area contributed by atoms with E-state index in [0.29, 0.717) is 6.42 Å². The van der Waals surface area contributed by atoms with Gasteiger partial charge >= 0.3 is 0 Å². The predicted molar refractivity (Wildman–Crippen MR) is 83.9 cm³/mol. The van der Waals surface area contributed by atoms with Crippen molar-refractivity contribution in [3.8, 4) is 0 Å². The van der Waals surface area contributed by atoms with Crippen LogP contribution in [0.15, 0.2) is 57.9 Å². The third-order valence-electron chi connectivity index (χ3n) is 3.10. The molecule has 6 heteroatoms. The Kier molecular flexibility index (Phi) is 5.13. The summed E-state index contributed by atoms with van der Waals surface area (Å²) < 4.78 is 41.7. The largest absolute Gasteiger partial charge is 0.244 e. The molecule has 0 spiro atoms. The monoisotopic (exact) mass is 371 g/mol. The van der Waals surface area contributed by atoms with Gasteiger partial charge in [0.2, 0.25) is 10.0 Å². The summed E-state index contributed by atoms with van der Waals surface area (Å²) in [5.74, 6) is -0.754. The zero-order chi connectivity index (χ0) is 15.5. The van der Waals surface area contributed by atoms with Crippen LogP contribution in [0.1, 0.15) is 24.9 Å². The lowest BCUT2D eigenvalue weighted by atomic mass is 10.1. The fourth-order valence-corrected chi connectivity index (χ4v) is 3.65. The second-order valence-electron chi connectivity index (χ2n) is 4.56. The van der Waals surface area contributed by atoms with Gasteiger partial charge in [0.05, 0.1) is 0 Å². The summed E-state index contributed by atoms with van der Waals surface area (Å²) in [7, 11) is -3.90. The number of hydrogen-bond acceptors (Lipinski definition) is 2. The molecule has 2 aromatic carbocycles. The molecule has 0 fully saturated rings. The number of halogens is 2. The zero-order valence-electron chi connectivity index (χ0n) is 11.4. The molecule has 0 bridgehead atoms. The Bertz CT molecular complexity index is 717. The molecule has 3 nitrogen and oxygen atoms in total. The van der Waals surface area contributed by atoms with Crippen LogP contribution < -0.4 is 4.72 Å². The third kappa shape index (κ3) is 3.90. The molecule has 1 N–H and O–H groups in total. The van der Waals surface area contributed by atoms with Crippen LogP contribution in [0.4, 0.5) is 4.39 Å². The highest BCUT2D eigenvalue weighted by atomic mass is 79.9. The van der Waals surface area contributed by atoms with E-state index in [1.165, 1.54) is 18.2 Å². The first-order chi connectivity index (χ1) is 9.94. The topological polar surface area (TPSA) is 46.2 Å². The van der Waals surface area contributed by atoms with Crippen molar-refractivity contribution in [2.75, 3.05) is 0 Å². The van der Waals surface area contributed by atoms with E-state index in [-0.39, 0.29) is 4.90 Å². The van der Waals surface area contributed by atoms with Crippen LogP contribution in [-0.4, -0.2) is 8.42 Å². The van der Waals surface area contributed by atoms with Crippen LogP contribution >= 0.6 is 15.9 Å².